The summed E-state index contributed by atoms with van der Waals surface area (Å²) < 4.78 is 16.3. The predicted octanol–water partition coefficient (Wildman–Crippen LogP) is 3.62. The SMILES string of the molecule is COc1cccc(OC)c1OCCC(=O)C1CCCCC1. The molecule has 1 aliphatic rings. The van der Waals surface area contributed by atoms with E-state index in [0.29, 0.717) is 36.1 Å². The van der Waals surface area contributed by atoms with Crippen molar-refractivity contribution in [1.82, 2.24) is 0 Å². The van der Waals surface area contributed by atoms with Crippen LogP contribution in [0.4, 0.5) is 0 Å². The highest BCUT2D eigenvalue weighted by molar-refractivity contribution is 5.81. The molecule has 4 nitrogen and oxygen atoms in total. The van der Waals surface area contributed by atoms with Gasteiger partial charge in [-0.05, 0) is 25.0 Å². The number of ether oxygens (including phenoxy) is 3. The zero-order chi connectivity index (χ0) is 15.1. The van der Waals surface area contributed by atoms with Crippen molar-refractivity contribution in [2.45, 2.75) is 38.5 Å². The molecule has 1 saturated carbocycles. The number of carbonyl (C=O) groups excluding carboxylic acids is 1. The van der Waals surface area contributed by atoms with Crippen LogP contribution in [0.5, 0.6) is 17.2 Å². The minimum atomic E-state index is 0.238. The molecule has 0 aromatic heterocycles. The van der Waals surface area contributed by atoms with Crippen LogP contribution in [0.15, 0.2) is 18.2 Å². The Morgan fingerprint density at radius 1 is 1.10 bits per heavy atom. The van der Waals surface area contributed by atoms with Crippen molar-refractivity contribution in [2.75, 3.05) is 20.8 Å². The molecule has 1 fully saturated rings. The van der Waals surface area contributed by atoms with Crippen LogP contribution in [0.1, 0.15) is 38.5 Å². The van der Waals surface area contributed by atoms with E-state index in [0.717, 1.165) is 12.8 Å². The molecule has 116 valence electrons. The van der Waals surface area contributed by atoms with E-state index in [2.05, 4.69) is 0 Å². The molecule has 0 amide bonds. The maximum Gasteiger partial charge on any atom is 0.203 e. The maximum atomic E-state index is 12.2. The van der Waals surface area contributed by atoms with Gasteiger partial charge in [0, 0.05) is 12.3 Å². The van der Waals surface area contributed by atoms with Gasteiger partial charge in [0.15, 0.2) is 11.5 Å². The van der Waals surface area contributed by atoms with Gasteiger partial charge in [0.2, 0.25) is 5.75 Å². The number of hydrogen-bond donors (Lipinski definition) is 0. The van der Waals surface area contributed by atoms with Crippen LogP contribution >= 0.6 is 0 Å². The molecule has 0 aliphatic heterocycles. The van der Waals surface area contributed by atoms with Gasteiger partial charge in [0.1, 0.15) is 5.78 Å². The first-order chi connectivity index (χ1) is 10.3. The predicted molar refractivity (Wildman–Crippen MR) is 81.2 cm³/mol. The first-order valence-electron chi connectivity index (χ1n) is 7.62. The molecular weight excluding hydrogens is 268 g/mol. The minimum absolute atomic E-state index is 0.238. The van der Waals surface area contributed by atoms with E-state index < -0.39 is 0 Å². The van der Waals surface area contributed by atoms with Crippen molar-refractivity contribution in [3.63, 3.8) is 0 Å². The number of carbonyl (C=O) groups is 1. The van der Waals surface area contributed by atoms with Gasteiger partial charge in [-0.25, -0.2) is 0 Å². The molecule has 4 heteroatoms. The molecule has 0 saturated heterocycles. The monoisotopic (exact) mass is 292 g/mol. The average molecular weight is 292 g/mol. The van der Waals surface area contributed by atoms with E-state index in [4.69, 9.17) is 14.2 Å². The van der Waals surface area contributed by atoms with Crippen LogP contribution < -0.4 is 14.2 Å². The maximum absolute atomic E-state index is 12.2. The summed E-state index contributed by atoms with van der Waals surface area (Å²) in [5.41, 5.74) is 0. The van der Waals surface area contributed by atoms with E-state index in [-0.39, 0.29) is 5.92 Å². The fourth-order valence-electron chi connectivity index (χ4n) is 2.84. The lowest BCUT2D eigenvalue weighted by molar-refractivity contribution is -0.124. The Bertz CT molecular complexity index is 442. The summed E-state index contributed by atoms with van der Waals surface area (Å²) in [6, 6.07) is 5.49. The van der Waals surface area contributed by atoms with Gasteiger partial charge in [0.05, 0.1) is 20.8 Å². The van der Waals surface area contributed by atoms with Crippen molar-refractivity contribution in [3.05, 3.63) is 18.2 Å². The molecule has 0 spiro atoms. The molecule has 1 aromatic rings. The molecule has 0 heterocycles. The van der Waals surface area contributed by atoms with Crippen LogP contribution in [0, 0.1) is 5.92 Å². The first kappa shape index (κ1) is 15.7. The summed E-state index contributed by atoms with van der Waals surface area (Å²) in [4.78, 5) is 12.2. The van der Waals surface area contributed by atoms with Crippen molar-refractivity contribution < 1.29 is 19.0 Å². The Labute approximate surface area is 126 Å². The van der Waals surface area contributed by atoms with Crippen molar-refractivity contribution in [3.8, 4) is 17.2 Å². The van der Waals surface area contributed by atoms with Gasteiger partial charge in [-0.2, -0.15) is 0 Å². The number of ketones is 1. The summed E-state index contributed by atoms with van der Waals surface area (Å²) in [5, 5.41) is 0. The topological polar surface area (TPSA) is 44.8 Å². The molecule has 0 radical (unpaired) electrons. The number of para-hydroxylation sites is 1. The van der Waals surface area contributed by atoms with E-state index in [1.54, 1.807) is 14.2 Å². The van der Waals surface area contributed by atoms with E-state index >= 15 is 0 Å². The molecule has 21 heavy (non-hydrogen) atoms. The fraction of sp³-hybridized carbons (Fsp3) is 0.588. The van der Waals surface area contributed by atoms with Crippen molar-refractivity contribution in [1.29, 1.82) is 0 Å². The molecule has 1 aromatic carbocycles. The van der Waals surface area contributed by atoms with Crippen molar-refractivity contribution in [2.24, 2.45) is 5.92 Å². The third-order valence-electron chi connectivity index (χ3n) is 4.04. The Hall–Kier alpha value is -1.71. The zero-order valence-electron chi connectivity index (χ0n) is 12.9. The molecule has 1 aliphatic carbocycles. The molecule has 2 rings (SSSR count). The highest BCUT2D eigenvalue weighted by Crippen LogP contribution is 2.36. The normalized spacial score (nSPS) is 15.5. The van der Waals surface area contributed by atoms with E-state index in [1.165, 1.54) is 19.3 Å². The number of rotatable bonds is 7. The third-order valence-corrected chi connectivity index (χ3v) is 4.04. The van der Waals surface area contributed by atoms with Crippen LogP contribution in [-0.2, 0) is 4.79 Å². The summed E-state index contributed by atoms with van der Waals surface area (Å²) in [6.07, 6.45) is 6.15. The van der Waals surface area contributed by atoms with Crippen molar-refractivity contribution >= 4 is 5.78 Å². The van der Waals surface area contributed by atoms with Crippen LogP contribution in [0.2, 0.25) is 0 Å². The van der Waals surface area contributed by atoms with Gasteiger partial charge in [0.25, 0.3) is 0 Å². The van der Waals surface area contributed by atoms with Gasteiger partial charge in [-0.1, -0.05) is 25.3 Å². The standard InChI is InChI=1S/C17H24O4/c1-19-15-9-6-10-16(20-2)17(15)21-12-11-14(18)13-7-4-3-5-8-13/h6,9-10,13H,3-5,7-8,11-12H2,1-2H3. The number of hydrogen-bond acceptors (Lipinski definition) is 4. The second-order valence-electron chi connectivity index (χ2n) is 5.39. The first-order valence-corrected chi connectivity index (χ1v) is 7.62. The van der Waals surface area contributed by atoms with Gasteiger partial charge in [-0.15, -0.1) is 0 Å². The average Bonchev–Trinajstić information content (AvgIpc) is 2.55. The molecule has 0 atom stereocenters. The lowest BCUT2D eigenvalue weighted by atomic mass is 9.85. The quantitative estimate of drug-likeness (QED) is 0.770. The Morgan fingerprint density at radius 2 is 1.71 bits per heavy atom. The summed E-state index contributed by atoms with van der Waals surface area (Å²) in [7, 11) is 3.18. The molecule has 0 unspecified atom stereocenters. The number of methoxy groups -OCH3 is 2. The van der Waals surface area contributed by atoms with Gasteiger partial charge in [-0.3, -0.25) is 4.79 Å². The smallest absolute Gasteiger partial charge is 0.203 e. The third kappa shape index (κ3) is 4.13. The molecule has 0 bridgehead atoms. The molecular formula is C17H24O4. The summed E-state index contributed by atoms with van der Waals surface area (Å²) >= 11 is 0. The Morgan fingerprint density at radius 3 is 2.29 bits per heavy atom. The Kier molecular flexibility index (Phi) is 5.90. The lowest BCUT2D eigenvalue weighted by Crippen LogP contribution is -2.19. The Balaban J connectivity index is 1.89. The largest absolute Gasteiger partial charge is 0.493 e. The number of benzene rings is 1. The second kappa shape index (κ2) is 7.91. The second-order valence-corrected chi connectivity index (χ2v) is 5.39. The van der Waals surface area contributed by atoms with E-state index in [1.807, 2.05) is 18.2 Å². The highest BCUT2D eigenvalue weighted by atomic mass is 16.5. The summed E-state index contributed by atoms with van der Waals surface area (Å²) in [6.45, 7) is 0.367. The van der Waals surface area contributed by atoms with Gasteiger partial charge >= 0.3 is 0 Å². The van der Waals surface area contributed by atoms with Gasteiger partial charge < -0.3 is 14.2 Å². The lowest BCUT2D eigenvalue weighted by Gasteiger charge is -2.20. The summed E-state index contributed by atoms with van der Waals surface area (Å²) in [5.74, 6) is 2.38. The highest BCUT2D eigenvalue weighted by Gasteiger charge is 2.21. The number of Topliss-reactive ketones (excluding diaryl/α,β-unsaturated/α-hetero) is 1. The minimum Gasteiger partial charge on any atom is -0.493 e. The van der Waals surface area contributed by atoms with E-state index in [9.17, 15) is 4.79 Å². The molecule has 0 N–H and O–H groups in total. The van der Waals surface area contributed by atoms with Crippen LogP contribution in [0.25, 0.3) is 0 Å². The van der Waals surface area contributed by atoms with Crippen LogP contribution in [-0.4, -0.2) is 26.6 Å². The van der Waals surface area contributed by atoms with Crippen LogP contribution in [0.3, 0.4) is 0 Å². The zero-order valence-corrected chi connectivity index (χ0v) is 12.9. The fourth-order valence-corrected chi connectivity index (χ4v) is 2.84.